The zero-order chi connectivity index (χ0) is 39.4. The van der Waals surface area contributed by atoms with E-state index in [1.54, 1.807) is 41.5 Å². The predicted molar refractivity (Wildman–Crippen MR) is 197 cm³/mol. The van der Waals surface area contributed by atoms with Crippen LogP contribution in [-0.2, 0) is 81.7 Å². The summed E-state index contributed by atoms with van der Waals surface area (Å²) in [7, 11) is -15.0. The van der Waals surface area contributed by atoms with Gasteiger partial charge in [0, 0.05) is 12.6 Å². The fourth-order valence-corrected chi connectivity index (χ4v) is 11.6. The average molecular weight is 834 g/mol. The lowest BCUT2D eigenvalue weighted by Gasteiger charge is -2.07. The van der Waals surface area contributed by atoms with Crippen molar-refractivity contribution in [3.63, 3.8) is 0 Å². The molecule has 3 rings (SSSR count). The lowest BCUT2D eigenvalue weighted by atomic mass is 10.1. The van der Waals surface area contributed by atoms with Crippen molar-refractivity contribution in [2.24, 2.45) is 0 Å². The minimum absolute atomic E-state index is 0.0870. The van der Waals surface area contributed by atoms with Gasteiger partial charge in [-0.15, -0.1) is 0 Å². The van der Waals surface area contributed by atoms with Crippen LogP contribution in [-0.4, -0.2) is 55.2 Å². The van der Waals surface area contributed by atoms with Gasteiger partial charge in [-0.1, -0.05) is 53.1 Å². The largest absolute Gasteiger partial charge is 0.476 e. The molecule has 0 aliphatic carbocycles. The highest BCUT2D eigenvalue weighted by molar-refractivity contribution is 8.00. The van der Waals surface area contributed by atoms with E-state index in [9.17, 15) is 37.9 Å². The molecule has 0 bridgehead atoms. The molecule has 0 aliphatic rings. The van der Waals surface area contributed by atoms with Crippen molar-refractivity contribution in [2.45, 2.75) is 77.0 Å². The maximum atomic E-state index is 11.8. The predicted octanol–water partition coefficient (Wildman–Crippen LogP) is 4.38. The molecule has 0 unspecified atom stereocenters. The van der Waals surface area contributed by atoms with Gasteiger partial charge >= 0.3 is 58.1 Å². The van der Waals surface area contributed by atoms with E-state index >= 15 is 0 Å². The molecule has 0 spiro atoms. The summed E-state index contributed by atoms with van der Waals surface area (Å²) >= 11 is 0.261. The molecule has 0 atom stereocenters. The number of phosphoric acid groups is 1. The summed E-state index contributed by atoms with van der Waals surface area (Å²) in [6.07, 6.45) is 0. The highest BCUT2D eigenvalue weighted by atomic mass is 32.3. The first-order valence-corrected chi connectivity index (χ1v) is 23.3. The zero-order valence-electron chi connectivity index (χ0n) is 28.9. The van der Waals surface area contributed by atoms with Crippen LogP contribution >= 0.6 is 7.82 Å². The van der Waals surface area contributed by atoms with Gasteiger partial charge in [-0.3, -0.25) is 0 Å². The first-order chi connectivity index (χ1) is 22.6. The van der Waals surface area contributed by atoms with E-state index < -0.39 is 52.6 Å². The summed E-state index contributed by atoms with van der Waals surface area (Å²) in [5.74, 6) is 0. The molecule has 0 fully saturated rings. The van der Waals surface area contributed by atoms with Crippen LogP contribution in [0.4, 0.5) is 0 Å². The van der Waals surface area contributed by atoms with E-state index in [0.29, 0.717) is 48.1 Å². The maximum Gasteiger partial charge on any atom is 0.476 e. The van der Waals surface area contributed by atoms with Gasteiger partial charge in [-0.05, 0) is 95.7 Å². The zero-order valence-corrected chi connectivity index (χ0v) is 34.7. The Balaban J connectivity index is 0.000000674. The van der Waals surface area contributed by atoms with Crippen molar-refractivity contribution in [1.82, 2.24) is 0 Å². The summed E-state index contributed by atoms with van der Waals surface area (Å²) in [4.78, 5) is 22.5. The Hall–Kier alpha value is -2.32. The van der Waals surface area contributed by atoms with E-state index in [1.807, 2.05) is 57.2 Å². The van der Waals surface area contributed by atoms with Crippen LogP contribution in [0.2, 0.25) is 0 Å². The molecule has 0 radical (unpaired) electrons. The van der Waals surface area contributed by atoms with Crippen LogP contribution in [0.25, 0.3) is 0 Å². The highest BCUT2D eigenvalue weighted by Crippen LogP contribution is 2.26. The van der Waals surface area contributed by atoms with E-state index in [0.717, 1.165) is 16.7 Å². The topological polar surface area (TPSA) is 231 Å². The van der Waals surface area contributed by atoms with Gasteiger partial charge in [0.05, 0.1) is 14.7 Å². The van der Waals surface area contributed by atoms with Crippen molar-refractivity contribution >= 4 is 72.3 Å². The van der Waals surface area contributed by atoms with Crippen LogP contribution in [0.1, 0.15) is 50.1 Å². The van der Waals surface area contributed by atoms with Crippen LogP contribution in [0.3, 0.4) is 0 Å². The third-order valence-corrected chi connectivity index (χ3v) is 15.0. The summed E-state index contributed by atoms with van der Waals surface area (Å²) < 4.78 is 111. The smallest absolute Gasteiger partial charge is 0.303 e. The standard InChI is InChI=1S/3C10H13O3S2.H3O4P/c3*1-7-4-8(2)10(9(3)5-7)15(12,13)6-14-11;1-5(2,3)4/h3*4-5H,6H2,1-3H3;(H3,1,2,3,4)/q3*+1;. The van der Waals surface area contributed by atoms with E-state index in [-0.39, 0.29) is 35.0 Å². The monoisotopic (exact) mass is 833 g/mol. The first-order valence-electron chi connectivity index (χ1n) is 14.1. The number of hydrogen-bond donors (Lipinski definition) is 3. The molecule has 0 heterocycles. The molecule has 3 N–H and O–H groups in total. The van der Waals surface area contributed by atoms with Gasteiger partial charge in [-0.2, -0.15) is 0 Å². The maximum absolute atomic E-state index is 11.8. The molecule has 0 saturated heterocycles. The molecule has 3 aromatic carbocycles. The summed E-state index contributed by atoms with van der Waals surface area (Å²) in [5.41, 5.74) is 7.34. The Kier molecular flexibility index (Phi) is 19.1. The van der Waals surface area contributed by atoms with Gasteiger partial charge in [0.2, 0.25) is 29.5 Å². The van der Waals surface area contributed by atoms with Crippen molar-refractivity contribution < 1.29 is 57.1 Å². The number of benzene rings is 3. The Morgan fingerprint density at radius 2 is 0.580 bits per heavy atom. The molecule has 50 heavy (non-hydrogen) atoms. The molecule has 0 saturated carbocycles. The lowest BCUT2D eigenvalue weighted by Crippen LogP contribution is -2.09. The number of rotatable bonds is 9. The summed E-state index contributed by atoms with van der Waals surface area (Å²) in [5, 5.41) is -1.22. The second kappa shape index (κ2) is 20.1. The van der Waals surface area contributed by atoms with Crippen LogP contribution in [0.15, 0.2) is 51.1 Å². The normalized spacial score (nSPS) is 11.4. The first kappa shape index (κ1) is 47.7. The Bertz CT molecular complexity index is 1790. The summed E-state index contributed by atoms with van der Waals surface area (Å²) in [6.45, 7) is 16.3. The minimum Gasteiger partial charge on any atom is -0.303 e. The average Bonchev–Trinajstić information content (AvgIpc) is 2.86. The van der Waals surface area contributed by atoms with E-state index in [4.69, 9.17) is 19.2 Å². The third kappa shape index (κ3) is 15.9. The van der Waals surface area contributed by atoms with Crippen LogP contribution < -0.4 is 0 Å². The van der Waals surface area contributed by atoms with Crippen molar-refractivity contribution in [3.8, 4) is 0 Å². The van der Waals surface area contributed by atoms with Crippen LogP contribution in [0, 0.1) is 62.3 Å². The minimum atomic E-state index is -4.64. The second-order valence-electron chi connectivity index (χ2n) is 11.2. The Labute approximate surface area is 306 Å². The van der Waals surface area contributed by atoms with Gasteiger partial charge in [0.1, 0.15) is 0 Å². The van der Waals surface area contributed by atoms with Crippen molar-refractivity contribution in [1.29, 1.82) is 0 Å². The summed E-state index contributed by atoms with van der Waals surface area (Å²) in [6, 6.07) is 10.9. The fraction of sp³-hybridized carbons (Fsp3) is 0.400. The molecule has 0 aromatic heterocycles. The molecule has 0 aliphatic heterocycles. The number of aryl methyl sites for hydroxylation is 9. The number of hydrogen-bond acceptors (Lipinski definition) is 10. The van der Waals surface area contributed by atoms with Gasteiger partial charge in [0.25, 0.3) is 0 Å². The number of sulfone groups is 3. The quantitative estimate of drug-likeness (QED) is 0.201. The molecular weight excluding hydrogens is 792 g/mol. The molecule has 278 valence electrons. The second-order valence-corrected chi connectivity index (χ2v) is 20.7. The Morgan fingerprint density at radius 1 is 0.440 bits per heavy atom. The molecule has 3 aromatic rings. The Morgan fingerprint density at radius 3 is 0.700 bits per heavy atom. The van der Waals surface area contributed by atoms with Gasteiger partial charge in [0.15, 0.2) is 0 Å². The van der Waals surface area contributed by atoms with Crippen LogP contribution in [0.5, 0.6) is 0 Å². The van der Waals surface area contributed by atoms with Gasteiger partial charge < -0.3 is 14.7 Å². The highest BCUT2D eigenvalue weighted by Gasteiger charge is 2.28. The molecular formula is C30H42O13PS6+3. The van der Waals surface area contributed by atoms with Crippen molar-refractivity contribution in [2.75, 3.05) is 15.3 Å². The van der Waals surface area contributed by atoms with E-state index in [2.05, 4.69) is 0 Å². The molecule has 20 heteroatoms. The van der Waals surface area contributed by atoms with Crippen molar-refractivity contribution in [3.05, 3.63) is 86.5 Å². The fourth-order valence-electron chi connectivity index (χ4n) is 5.34. The van der Waals surface area contributed by atoms with E-state index in [1.165, 1.54) is 0 Å². The molecule has 13 nitrogen and oxygen atoms in total. The lowest BCUT2D eigenvalue weighted by molar-refractivity contribution is 0.275. The van der Waals surface area contributed by atoms with Gasteiger partial charge in [-0.25, -0.2) is 29.8 Å². The molecule has 0 amide bonds. The SMILES string of the molecule is Cc1cc(C)c(S(=O)(=O)C[S+]=O)c(C)c1.Cc1cc(C)c(S(=O)(=O)C[S+]=O)c(C)c1.Cc1cc(C)c(S(=O)(=O)C[S+]=O)c(C)c1.O=P(O)(O)O. The third-order valence-electron chi connectivity index (χ3n) is 6.36.